The summed E-state index contributed by atoms with van der Waals surface area (Å²) in [5, 5.41) is 20.3. The molecule has 2 aliphatic carbocycles. The third kappa shape index (κ3) is 4.40. The number of hydrogen-bond acceptors (Lipinski definition) is 6. The summed E-state index contributed by atoms with van der Waals surface area (Å²) in [6.07, 6.45) is 4.23. The molecule has 0 saturated heterocycles. The lowest BCUT2D eigenvalue weighted by molar-refractivity contribution is -0.119. The second kappa shape index (κ2) is 10.7. The summed E-state index contributed by atoms with van der Waals surface area (Å²) >= 11 is 0. The molecule has 240 valence electrons. The maximum Gasteiger partial charge on any atom is 0.163 e. The molecule has 0 fully saturated rings. The quantitative estimate of drug-likeness (QED) is 0.209. The molecule has 3 unspecified atom stereocenters. The first-order valence-corrected chi connectivity index (χ1v) is 17.0. The number of allylic oxidation sites excluding steroid dienone is 4. The van der Waals surface area contributed by atoms with E-state index in [0.717, 1.165) is 87.1 Å². The third-order valence-corrected chi connectivity index (χ3v) is 11.6. The fourth-order valence-electron chi connectivity index (χ4n) is 8.97. The van der Waals surface area contributed by atoms with Crippen LogP contribution in [0, 0.1) is 19.3 Å². The minimum Gasteiger partial charge on any atom is -0.342 e. The highest BCUT2D eigenvalue weighted by Crippen LogP contribution is 2.54. The van der Waals surface area contributed by atoms with E-state index in [1.165, 1.54) is 0 Å². The summed E-state index contributed by atoms with van der Waals surface area (Å²) in [6.45, 7) is 10.6. The molecule has 4 heterocycles. The number of aryl methyl sites for hydroxylation is 1. The van der Waals surface area contributed by atoms with Gasteiger partial charge in [0.1, 0.15) is 0 Å². The number of nitrogens with zero attached hydrogens (tertiary/aromatic N) is 3. The van der Waals surface area contributed by atoms with Gasteiger partial charge < -0.3 is 10.6 Å². The van der Waals surface area contributed by atoms with Gasteiger partial charge in [-0.3, -0.25) is 19.4 Å². The minimum atomic E-state index is -0.627. The largest absolute Gasteiger partial charge is 0.342 e. The van der Waals surface area contributed by atoms with E-state index in [4.69, 9.17) is 5.10 Å². The number of nitrogens with one attached hydrogen (secondary N) is 3. The molecule has 2 aliphatic heterocycles. The molecule has 4 aliphatic rings. The van der Waals surface area contributed by atoms with Gasteiger partial charge in [0.05, 0.1) is 5.54 Å². The summed E-state index contributed by atoms with van der Waals surface area (Å²) in [5.41, 5.74) is 9.11. The first-order chi connectivity index (χ1) is 22.7. The maximum absolute atomic E-state index is 14.4. The van der Waals surface area contributed by atoms with Crippen molar-refractivity contribution in [1.29, 1.82) is 0 Å². The van der Waals surface area contributed by atoms with Crippen LogP contribution >= 0.6 is 0 Å². The van der Waals surface area contributed by atoms with Crippen molar-refractivity contribution in [2.24, 2.45) is 5.41 Å². The molecule has 8 nitrogen and oxygen atoms in total. The van der Waals surface area contributed by atoms with Gasteiger partial charge in [0, 0.05) is 76.2 Å². The van der Waals surface area contributed by atoms with E-state index < -0.39 is 5.54 Å². The van der Waals surface area contributed by atoms with Gasteiger partial charge in [-0.1, -0.05) is 74.5 Å². The van der Waals surface area contributed by atoms with Gasteiger partial charge in [-0.2, -0.15) is 10.2 Å². The van der Waals surface area contributed by atoms with Crippen molar-refractivity contribution in [2.45, 2.75) is 90.5 Å². The van der Waals surface area contributed by atoms with E-state index >= 15 is 0 Å². The summed E-state index contributed by atoms with van der Waals surface area (Å²) in [5.74, 6) is 1.52. The summed E-state index contributed by atoms with van der Waals surface area (Å²) in [7, 11) is 0. The fraction of sp³-hybridized carbons (Fsp3) is 0.385. The predicted octanol–water partition coefficient (Wildman–Crippen LogP) is 7.79. The fourth-order valence-corrected chi connectivity index (χ4v) is 8.97. The number of carbonyl (C=O) groups excluding carboxylic acids is 2. The Hall–Kier alpha value is -4.72. The maximum atomic E-state index is 14.4. The molecule has 0 saturated carbocycles. The average Bonchev–Trinajstić information content (AvgIpc) is 3.62. The molecule has 2 aromatic heterocycles. The van der Waals surface area contributed by atoms with Gasteiger partial charge >= 0.3 is 0 Å². The number of ketones is 2. The first-order valence-electron chi connectivity index (χ1n) is 17.0. The molecule has 8 heteroatoms. The highest BCUT2D eigenvalue weighted by atomic mass is 16.1. The SMILES string of the molecule is CCC1(CC)CC(=O)C2=C(C1)Nc1nn(C3(C)CC(=O)C4=C(C3)Nc3n[nH]c(C)c3C4c3ccccc3)c(C)c1C2c1ccccc1. The molecular formula is C39H42N6O2. The van der Waals surface area contributed by atoms with Crippen LogP contribution < -0.4 is 10.6 Å². The molecule has 0 radical (unpaired) electrons. The van der Waals surface area contributed by atoms with Crippen molar-refractivity contribution in [3.05, 3.63) is 117 Å². The molecule has 0 amide bonds. The number of aromatic amines is 1. The molecule has 3 N–H and O–H groups in total. The number of anilines is 2. The van der Waals surface area contributed by atoms with E-state index in [0.29, 0.717) is 19.3 Å². The summed E-state index contributed by atoms with van der Waals surface area (Å²) < 4.78 is 2.07. The van der Waals surface area contributed by atoms with Crippen molar-refractivity contribution in [1.82, 2.24) is 20.0 Å². The Kier molecular flexibility index (Phi) is 6.73. The zero-order chi connectivity index (χ0) is 32.7. The monoisotopic (exact) mass is 626 g/mol. The van der Waals surface area contributed by atoms with Crippen LogP contribution in [0.25, 0.3) is 0 Å². The van der Waals surface area contributed by atoms with Gasteiger partial charge in [-0.25, -0.2) is 0 Å². The third-order valence-electron chi connectivity index (χ3n) is 11.6. The summed E-state index contributed by atoms with van der Waals surface area (Å²) in [4.78, 5) is 28.5. The molecule has 47 heavy (non-hydrogen) atoms. The lowest BCUT2D eigenvalue weighted by Crippen LogP contribution is -2.42. The van der Waals surface area contributed by atoms with E-state index in [2.05, 4.69) is 77.5 Å². The van der Waals surface area contributed by atoms with Crippen LogP contribution in [0.15, 0.2) is 83.2 Å². The number of aromatic nitrogens is 4. The van der Waals surface area contributed by atoms with Crippen molar-refractivity contribution < 1.29 is 9.59 Å². The molecular weight excluding hydrogens is 584 g/mol. The second-order valence-electron chi connectivity index (χ2n) is 14.3. The van der Waals surface area contributed by atoms with Gasteiger partial charge in [-0.05, 0) is 56.6 Å². The molecule has 0 spiro atoms. The Labute approximate surface area is 275 Å². The summed E-state index contributed by atoms with van der Waals surface area (Å²) in [6, 6.07) is 20.6. The number of hydrogen-bond donors (Lipinski definition) is 3. The zero-order valence-electron chi connectivity index (χ0n) is 27.8. The highest BCUT2D eigenvalue weighted by molar-refractivity contribution is 6.02. The number of benzene rings is 2. The molecule has 3 atom stereocenters. The Morgan fingerprint density at radius 1 is 0.745 bits per heavy atom. The molecule has 8 rings (SSSR count). The lowest BCUT2D eigenvalue weighted by Gasteiger charge is -2.41. The number of fused-ring (bicyclic) bond motifs is 2. The molecule has 0 bridgehead atoms. The normalized spacial score (nSPS) is 24.6. The van der Waals surface area contributed by atoms with Gasteiger partial charge in [-0.15, -0.1) is 0 Å². The Bertz CT molecular complexity index is 1990. The van der Waals surface area contributed by atoms with Crippen molar-refractivity contribution >= 4 is 23.2 Å². The van der Waals surface area contributed by atoms with Crippen LogP contribution in [0.3, 0.4) is 0 Å². The number of carbonyl (C=O) groups is 2. The Morgan fingerprint density at radius 3 is 1.91 bits per heavy atom. The van der Waals surface area contributed by atoms with Crippen LogP contribution in [0.2, 0.25) is 0 Å². The average molecular weight is 627 g/mol. The number of H-pyrrole nitrogens is 1. The second-order valence-corrected chi connectivity index (χ2v) is 14.3. The van der Waals surface area contributed by atoms with Gasteiger partial charge in [0.2, 0.25) is 0 Å². The van der Waals surface area contributed by atoms with Crippen molar-refractivity contribution in [3.8, 4) is 0 Å². The zero-order valence-corrected chi connectivity index (χ0v) is 27.8. The standard InChI is InChI=1S/C39H42N6O2/c1-6-39(7-2)19-27-35(29(47)21-39)33(25-16-12-9-13-17-25)31-23(4)45(44-37(31)41-27)38(5)18-26-34(28(46)20-38)32(24-14-10-8-11-15-24)30-22(3)42-43-36(30)40-26/h8-17,32-33H,6-7,18-21H2,1-5H3,(H,41,44)(H2,40,42,43). The van der Waals surface area contributed by atoms with Crippen LogP contribution in [-0.4, -0.2) is 31.5 Å². The van der Waals surface area contributed by atoms with Gasteiger partial charge in [0.15, 0.2) is 23.2 Å². The van der Waals surface area contributed by atoms with Crippen LogP contribution in [0.5, 0.6) is 0 Å². The highest BCUT2D eigenvalue weighted by Gasteiger charge is 2.49. The van der Waals surface area contributed by atoms with Crippen molar-refractivity contribution in [2.75, 3.05) is 10.6 Å². The van der Waals surface area contributed by atoms with Crippen LogP contribution in [-0.2, 0) is 15.1 Å². The minimum absolute atomic E-state index is 0.0463. The molecule has 2 aromatic carbocycles. The van der Waals surface area contributed by atoms with Crippen LogP contribution in [0.4, 0.5) is 11.6 Å². The van der Waals surface area contributed by atoms with E-state index in [1.807, 2.05) is 43.3 Å². The number of rotatable bonds is 5. The molecule has 4 aromatic rings. The topological polar surface area (TPSA) is 105 Å². The van der Waals surface area contributed by atoms with E-state index in [1.54, 1.807) is 0 Å². The lowest BCUT2D eigenvalue weighted by atomic mass is 9.65. The van der Waals surface area contributed by atoms with Gasteiger partial charge in [0.25, 0.3) is 0 Å². The Balaban J connectivity index is 1.24. The van der Waals surface area contributed by atoms with Crippen LogP contribution in [0.1, 0.15) is 105 Å². The predicted molar refractivity (Wildman–Crippen MR) is 183 cm³/mol. The van der Waals surface area contributed by atoms with Crippen molar-refractivity contribution in [3.63, 3.8) is 0 Å². The first kappa shape index (κ1) is 29.7. The smallest absolute Gasteiger partial charge is 0.163 e. The van der Waals surface area contributed by atoms with E-state index in [9.17, 15) is 9.59 Å². The number of Topliss-reactive ketones (excluding diaryl/α,β-unsaturated/α-hetero) is 2. The Morgan fingerprint density at radius 2 is 1.30 bits per heavy atom. The van der Waals surface area contributed by atoms with E-state index in [-0.39, 0.29) is 28.8 Å².